The summed E-state index contributed by atoms with van der Waals surface area (Å²) in [4.78, 5) is 0. The molecule has 50 valence electrons. The first-order valence-corrected chi connectivity index (χ1v) is 3.14. The second-order valence-corrected chi connectivity index (χ2v) is 2.53. The quantitative estimate of drug-likeness (QED) is 0.563. The summed E-state index contributed by atoms with van der Waals surface area (Å²) in [5.74, 6) is 0. The van der Waals surface area contributed by atoms with Crippen LogP contribution in [-0.4, -0.2) is 12.1 Å². The van der Waals surface area contributed by atoms with E-state index in [0.717, 1.165) is 12.8 Å². The normalized spacial score (nSPS) is 18.0. The lowest BCUT2D eigenvalue weighted by molar-refractivity contribution is 0.564. The van der Waals surface area contributed by atoms with E-state index in [0.29, 0.717) is 12.1 Å². The highest BCUT2D eigenvalue weighted by molar-refractivity contribution is 4.58. The summed E-state index contributed by atoms with van der Waals surface area (Å²) in [6.07, 6.45) is 2.08. The fourth-order valence-electron chi connectivity index (χ4n) is 0.526. The molecule has 0 saturated carbocycles. The Kier molecular flexibility index (Phi) is 3.83. The van der Waals surface area contributed by atoms with Crippen LogP contribution in [-0.2, 0) is 0 Å². The van der Waals surface area contributed by atoms with Crippen LogP contribution < -0.4 is 11.5 Å². The average molecular weight is 116 g/mol. The van der Waals surface area contributed by atoms with Gasteiger partial charge in [0.15, 0.2) is 0 Å². The monoisotopic (exact) mass is 116 g/mol. The number of nitrogens with two attached hydrogens (primary N) is 2. The van der Waals surface area contributed by atoms with Gasteiger partial charge in [0.05, 0.1) is 0 Å². The summed E-state index contributed by atoms with van der Waals surface area (Å²) in [6.45, 7) is 4.00. The van der Waals surface area contributed by atoms with E-state index >= 15 is 0 Å². The van der Waals surface area contributed by atoms with Crippen LogP contribution in [0.15, 0.2) is 0 Å². The van der Waals surface area contributed by atoms with Crippen LogP contribution in [0, 0.1) is 0 Å². The lowest BCUT2D eigenvalue weighted by atomic mass is 10.1. The maximum Gasteiger partial charge on any atom is 0.00110 e. The Morgan fingerprint density at radius 3 is 1.38 bits per heavy atom. The molecule has 2 atom stereocenters. The molecule has 0 fully saturated rings. The Morgan fingerprint density at radius 2 is 1.25 bits per heavy atom. The Balaban J connectivity index is 2.93. The van der Waals surface area contributed by atoms with Crippen LogP contribution in [0.1, 0.15) is 26.7 Å². The molecule has 0 rings (SSSR count). The van der Waals surface area contributed by atoms with Crippen molar-refractivity contribution < 1.29 is 0 Å². The Hall–Kier alpha value is -0.0800. The van der Waals surface area contributed by atoms with Crippen molar-refractivity contribution >= 4 is 0 Å². The molecule has 0 aliphatic carbocycles. The van der Waals surface area contributed by atoms with Crippen molar-refractivity contribution in [1.29, 1.82) is 0 Å². The maximum atomic E-state index is 5.49. The third-order valence-corrected chi connectivity index (χ3v) is 1.08. The standard InChI is InChI=1S/C6H16N2/c1-5(7)3-4-6(2)8/h5-6H,3-4,7-8H2,1-2H3/t5-,6-/m0/s1. The first-order valence-electron chi connectivity index (χ1n) is 3.14. The van der Waals surface area contributed by atoms with Crippen LogP contribution in [0.25, 0.3) is 0 Å². The van der Waals surface area contributed by atoms with E-state index in [2.05, 4.69) is 0 Å². The first-order chi connectivity index (χ1) is 3.63. The Bertz CT molecular complexity index is 42.5. The van der Waals surface area contributed by atoms with Gasteiger partial charge in [0.1, 0.15) is 0 Å². The minimum Gasteiger partial charge on any atom is -0.328 e. The van der Waals surface area contributed by atoms with E-state index in [-0.39, 0.29) is 0 Å². The van der Waals surface area contributed by atoms with E-state index < -0.39 is 0 Å². The van der Waals surface area contributed by atoms with Gasteiger partial charge in [-0.05, 0) is 26.7 Å². The second kappa shape index (κ2) is 3.87. The van der Waals surface area contributed by atoms with E-state index in [4.69, 9.17) is 11.5 Å². The molecule has 0 aromatic carbocycles. The van der Waals surface area contributed by atoms with Crippen molar-refractivity contribution in [3.63, 3.8) is 0 Å². The van der Waals surface area contributed by atoms with Crippen molar-refractivity contribution in [1.82, 2.24) is 0 Å². The fourth-order valence-corrected chi connectivity index (χ4v) is 0.526. The van der Waals surface area contributed by atoms with Crippen molar-refractivity contribution in [2.75, 3.05) is 0 Å². The van der Waals surface area contributed by atoms with Gasteiger partial charge in [-0.1, -0.05) is 0 Å². The van der Waals surface area contributed by atoms with Gasteiger partial charge < -0.3 is 11.5 Å². The summed E-state index contributed by atoms with van der Waals surface area (Å²) in [5.41, 5.74) is 11.0. The van der Waals surface area contributed by atoms with Crippen LogP contribution in [0.5, 0.6) is 0 Å². The molecule has 2 heteroatoms. The predicted molar refractivity (Wildman–Crippen MR) is 36.5 cm³/mol. The molecule has 0 spiro atoms. The zero-order valence-corrected chi connectivity index (χ0v) is 5.72. The van der Waals surface area contributed by atoms with E-state index in [9.17, 15) is 0 Å². The van der Waals surface area contributed by atoms with Crippen LogP contribution >= 0.6 is 0 Å². The Labute approximate surface area is 51.2 Å². The zero-order valence-electron chi connectivity index (χ0n) is 5.72. The van der Waals surface area contributed by atoms with Crippen molar-refractivity contribution in [2.24, 2.45) is 11.5 Å². The third kappa shape index (κ3) is 5.92. The minimum absolute atomic E-state index is 0.306. The molecule has 0 radical (unpaired) electrons. The predicted octanol–water partition coefficient (Wildman–Crippen LogP) is 0.461. The van der Waals surface area contributed by atoms with E-state index in [1.54, 1.807) is 0 Å². The van der Waals surface area contributed by atoms with Crippen LogP contribution in [0.2, 0.25) is 0 Å². The highest BCUT2D eigenvalue weighted by Crippen LogP contribution is 1.95. The topological polar surface area (TPSA) is 52.0 Å². The van der Waals surface area contributed by atoms with Gasteiger partial charge in [-0.3, -0.25) is 0 Å². The highest BCUT2D eigenvalue weighted by atomic mass is 14.6. The van der Waals surface area contributed by atoms with E-state index in [1.165, 1.54) is 0 Å². The molecule has 0 saturated heterocycles. The lowest BCUT2D eigenvalue weighted by Gasteiger charge is -2.06. The molecule has 4 N–H and O–H groups in total. The van der Waals surface area contributed by atoms with E-state index in [1.807, 2.05) is 13.8 Å². The summed E-state index contributed by atoms with van der Waals surface area (Å²) in [7, 11) is 0. The van der Waals surface area contributed by atoms with Gasteiger partial charge in [0.25, 0.3) is 0 Å². The maximum absolute atomic E-state index is 5.49. The average Bonchev–Trinajstić information content (AvgIpc) is 1.61. The molecule has 0 amide bonds. The van der Waals surface area contributed by atoms with Crippen molar-refractivity contribution in [3.05, 3.63) is 0 Å². The van der Waals surface area contributed by atoms with Gasteiger partial charge in [-0.25, -0.2) is 0 Å². The summed E-state index contributed by atoms with van der Waals surface area (Å²) < 4.78 is 0. The van der Waals surface area contributed by atoms with Crippen molar-refractivity contribution in [3.8, 4) is 0 Å². The molecule has 0 bridgehead atoms. The number of hydrogen-bond acceptors (Lipinski definition) is 2. The fraction of sp³-hybridized carbons (Fsp3) is 1.00. The number of rotatable bonds is 3. The molecule has 0 aromatic rings. The summed E-state index contributed by atoms with van der Waals surface area (Å²) >= 11 is 0. The zero-order chi connectivity index (χ0) is 6.57. The van der Waals surface area contributed by atoms with Crippen molar-refractivity contribution in [2.45, 2.75) is 38.8 Å². The molecule has 0 aliphatic rings. The number of hydrogen-bond donors (Lipinski definition) is 2. The summed E-state index contributed by atoms with van der Waals surface area (Å²) in [6, 6.07) is 0.613. The van der Waals surface area contributed by atoms with Gasteiger partial charge in [0.2, 0.25) is 0 Å². The lowest BCUT2D eigenvalue weighted by Crippen LogP contribution is -2.21. The molecule has 0 aliphatic heterocycles. The molecule has 0 unspecified atom stereocenters. The molecule has 2 nitrogen and oxygen atoms in total. The minimum atomic E-state index is 0.306. The Morgan fingerprint density at radius 1 is 1.00 bits per heavy atom. The third-order valence-electron chi connectivity index (χ3n) is 1.08. The van der Waals surface area contributed by atoms with Gasteiger partial charge in [-0.15, -0.1) is 0 Å². The smallest absolute Gasteiger partial charge is 0.00110 e. The molecule has 0 aromatic heterocycles. The SMILES string of the molecule is C[C@H](N)CC[C@H](C)N. The molecular formula is C6H16N2. The van der Waals surface area contributed by atoms with Crippen LogP contribution in [0.4, 0.5) is 0 Å². The first kappa shape index (κ1) is 7.92. The van der Waals surface area contributed by atoms with Gasteiger partial charge in [-0.2, -0.15) is 0 Å². The van der Waals surface area contributed by atoms with Gasteiger partial charge in [0, 0.05) is 12.1 Å². The summed E-state index contributed by atoms with van der Waals surface area (Å²) in [5, 5.41) is 0. The largest absolute Gasteiger partial charge is 0.328 e. The molecular weight excluding hydrogens is 100 g/mol. The molecule has 0 heterocycles. The van der Waals surface area contributed by atoms with Gasteiger partial charge >= 0.3 is 0 Å². The van der Waals surface area contributed by atoms with Crippen LogP contribution in [0.3, 0.4) is 0 Å². The highest BCUT2D eigenvalue weighted by Gasteiger charge is 1.96. The molecule has 8 heavy (non-hydrogen) atoms. The second-order valence-electron chi connectivity index (χ2n) is 2.53.